The summed E-state index contributed by atoms with van der Waals surface area (Å²) < 4.78 is 5.89. The highest BCUT2D eigenvalue weighted by Crippen LogP contribution is 2.14. The largest absolute Gasteiger partial charge is 0.489 e. The van der Waals surface area contributed by atoms with Gasteiger partial charge in [0.05, 0.1) is 0 Å². The molecule has 0 amide bonds. The summed E-state index contributed by atoms with van der Waals surface area (Å²) in [6.07, 6.45) is 1.83. The van der Waals surface area contributed by atoms with E-state index in [1.807, 2.05) is 66.9 Å². The molecule has 0 atom stereocenters. The quantitative estimate of drug-likeness (QED) is 0.352. The van der Waals surface area contributed by atoms with Crippen molar-refractivity contribution in [2.24, 2.45) is 0 Å². The molecule has 0 radical (unpaired) electrons. The average Bonchev–Trinajstić information content (AvgIpc) is 2.68. The minimum Gasteiger partial charge on any atom is -0.489 e. The number of para-hydroxylation sites is 1. The van der Waals surface area contributed by atoms with Gasteiger partial charge in [0.1, 0.15) is 12.4 Å². The van der Waals surface area contributed by atoms with E-state index in [9.17, 15) is 0 Å². The Hall–Kier alpha value is -3.18. The molecule has 4 nitrogen and oxygen atoms in total. The number of hydrazone groups is 1. The van der Waals surface area contributed by atoms with E-state index < -0.39 is 0 Å². The summed E-state index contributed by atoms with van der Waals surface area (Å²) in [6.45, 7) is 2.62. The Labute approximate surface area is 164 Å². The van der Waals surface area contributed by atoms with Gasteiger partial charge in [-0.3, -0.25) is 0 Å². The molecule has 0 heterocycles. The van der Waals surface area contributed by atoms with E-state index in [4.69, 9.17) is 17.0 Å². The molecule has 5 heteroatoms. The molecule has 0 bridgehead atoms. The lowest BCUT2D eigenvalue weighted by molar-refractivity contribution is -0.499. The maximum atomic E-state index is 5.89. The van der Waals surface area contributed by atoms with Crippen molar-refractivity contribution in [1.29, 1.82) is 0 Å². The topological polar surface area (TPSA) is 47.3 Å². The summed E-state index contributed by atoms with van der Waals surface area (Å²) in [5.74, 6) is 0.817. The van der Waals surface area contributed by atoms with Crippen molar-refractivity contribution >= 4 is 29.2 Å². The highest BCUT2D eigenvalue weighted by Gasteiger charge is 2.01. The van der Waals surface area contributed by atoms with Gasteiger partial charge in [-0.05, 0) is 55.0 Å². The second kappa shape index (κ2) is 9.50. The second-order valence-electron chi connectivity index (χ2n) is 6.08. The zero-order valence-electron chi connectivity index (χ0n) is 15.1. The van der Waals surface area contributed by atoms with Crippen LogP contribution in [0.3, 0.4) is 0 Å². The van der Waals surface area contributed by atoms with E-state index in [1.165, 1.54) is 5.56 Å². The minimum atomic E-state index is 0.490. The maximum Gasteiger partial charge on any atom is 0.228 e. The van der Waals surface area contributed by atoms with E-state index >= 15 is 0 Å². The predicted octanol–water partition coefficient (Wildman–Crippen LogP) is 2.98. The smallest absolute Gasteiger partial charge is 0.228 e. The van der Waals surface area contributed by atoms with Gasteiger partial charge in [-0.25, -0.2) is 0 Å². The fourth-order valence-electron chi connectivity index (χ4n) is 2.53. The molecule has 0 aliphatic carbocycles. The Kier molecular flexibility index (Phi) is 6.55. The monoisotopic (exact) mass is 376 g/mol. The van der Waals surface area contributed by atoms with Crippen molar-refractivity contribution in [2.45, 2.75) is 13.5 Å². The number of thiocarbonyl (C=S) groups is 1. The second-order valence-corrected chi connectivity index (χ2v) is 6.49. The van der Waals surface area contributed by atoms with Crippen LogP contribution in [-0.4, -0.2) is 11.3 Å². The van der Waals surface area contributed by atoms with Crippen molar-refractivity contribution in [3.63, 3.8) is 0 Å². The molecule has 27 heavy (non-hydrogen) atoms. The number of benzene rings is 3. The number of ether oxygens (including phenoxy) is 1. The Morgan fingerprint density at radius 1 is 1.00 bits per heavy atom. The minimum absolute atomic E-state index is 0.490. The highest BCUT2D eigenvalue weighted by atomic mass is 32.1. The molecule has 3 rings (SSSR count). The highest BCUT2D eigenvalue weighted by molar-refractivity contribution is 7.80. The lowest BCUT2D eigenvalue weighted by atomic mass is 10.1. The van der Waals surface area contributed by atoms with Crippen LogP contribution in [0.25, 0.3) is 0 Å². The van der Waals surface area contributed by atoms with Crippen molar-refractivity contribution in [2.75, 3.05) is 5.32 Å². The van der Waals surface area contributed by atoms with Crippen molar-refractivity contribution in [1.82, 2.24) is 5.43 Å². The van der Waals surface area contributed by atoms with Gasteiger partial charge in [0, 0.05) is 11.3 Å². The van der Waals surface area contributed by atoms with Crippen LogP contribution in [0.5, 0.6) is 5.75 Å². The fraction of sp³-hybridized carbons (Fsp3) is 0.0909. The first-order valence-electron chi connectivity index (χ1n) is 8.68. The van der Waals surface area contributed by atoms with Crippen LogP contribution in [0.15, 0.2) is 78.9 Å². The van der Waals surface area contributed by atoms with Crippen molar-refractivity contribution in [3.8, 4) is 5.75 Å². The number of hydrogen-bond donors (Lipinski definition) is 3. The summed E-state index contributed by atoms with van der Waals surface area (Å²) in [5, 5.41) is 6.58. The number of hydrazine groups is 1. The first-order chi connectivity index (χ1) is 13.2. The van der Waals surface area contributed by atoms with Crippen LogP contribution < -0.4 is 20.6 Å². The molecule has 0 aliphatic rings. The van der Waals surface area contributed by atoms with E-state index in [0.717, 1.165) is 22.6 Å². The molecule has 3 aromatic carbocycles. The molecular formula is C22H22N3OS+. The lowest BCUT2D eigenvalue weighted by Crippen LogP contribution is -2.82. The van der Waals surface area contributed by atoms with E-state index in [0.29, 0.717) is 11.7 Å². The molecule has 0 saturated carbocycles. The zero-order valence-corrected chi connectivity index (χ0v) is 15.9. The Morgan fingerprint density at radius 3 is 2.63 bits per heavy atom. The molecule has 3 N–H and O–H groups in total. The van der Waals surface area contributed by atoms with Gasteiger partial charge in [-0.2, -0.15) is 0 Å². The summed E-state index contributed by atoms with van der Waals surface area (Å²) in [7, 11) is 0. The van der Waals surface area contributed by atoms with Gasteiger partial charge < -0.3 is 10.1 Å². The summed E-state index contributed by atoms with van der Waals surface area (Å²) >= 11 is 5.25. The maximum absolute atomic E-state index is 5.89. The molecule has 136 valence electrons. The lowest BCUT2D eigenvalue weighted by Gasteiger charge is -2.07. The van der Waals surface area contributed by atoms with Crippen LogP contribution >= 0.6 is 12.2 Å². The SMILES string of the molecule is Cc1cccc(COc2cccc(C=[NH+]NC(=S)Nc3ccccc3)c2)c1. The Morgan fingerprint density at radius 2 is 1.81 bits per heavy atom. The molecule has 0 fully saturated rings. The number of hydrogen-bond acceptors (Lipinski definition) is 2. The first-order valence-corrected chi connectivity index (χ1v) is 9.09. The summed E-state index contributed by atoms with van der Waals surface area (Å²) in [5.41, 5.74) is 7.23. The van der Waals surface area contributed by atoms with Gasteiger partial charge in [-0.15, -0.1) is 10.5 Å². The van der Waals surface area contributed by atoms with Crippen LogP contribution in [0.2, 0.25) is 0 Å². The number of nitrogens with one attached hydrogen (secondary N) is 3. The number of aryl methyl sites for hydroxylation is 1. The standard InChI is InChI=1S/C22H21N3OS/c1-17-7-5-9-19(13-17)16-26-21-12-6-8-18(14-21)15-23-25-22(27)24-20-10-3-2-4-11-20/h2-15H,16H2,1H3,(H2,24,25,27)/p+1. The van der Waals surface area contributed by atoms with E-state index in [-0.39, 0.29) is 0 Å². The number of rotatable bonds is 6. The third-order valence-corrected chi connectivity index (χ3v) is 4.01. The van der Waals surface area contributed by atoms with Crippen LogP contribution in [0, 0.1) is 6.92 Å². The Bertz CT molecular complexity index is 926. The normalized spacial score (nSPS) is 10.6. The third kappa shape index (κ3) is 6.24. The van der Waals surface area contributed by atoms with Crippen LogP contribution in [-0.2, 0) is 6.61 Å². The van der Waals surface area contributed by atoms with Gasteiger partial charge in [-0.1, -0.05) is 54.1 Å². The number of anilines is 1. The predicted molar refractivity (Wildman–Crippen MR) is 114 cm³/mol. The fourth-order valence-corrected chi connectivity index (χ4v) is 2.71. The molecule has 0 aliphatic heterocycles. The van der Waals surface area contributed by atoms with Gasteiger partial charge in [0.15, 0.2) is 6.21 Å². The first kappa shape index (κ1) is 18.6. The Balaban J connectivity index is 1.52. The molecule has 3 aromatic rings. The molecular weight excluding hydrogens is 354 g/mol. The van der Waals surface area contributed by atoms with Gasteiger partial charge in [0.2, 0.25) is 5.11 Å². The molecule has 0 spiro atoms. The molecule has 0 unspecified atom stereocenters. The van der Waals surface area contributed by atoms with Gasteiger partial charge >= 0.3 is 0 Å². The van der Waals surface area contributed by atoms with E-state index in [2.05, 4.69) is 41.0 Å². The summed E-state index contributed by atoms with van der Waals surface area (Å²) in [6, 6.07) is 25.9. The van der Waals surface area contributed by atoms with Crippen LogP contribution in [0.4, 0.5) is 5.69 Å². The van der Waals surface area contributed by atoms with Crippen molar-refractivity contribution in [3.05, 3.63) is 95.6 Å². The van der Waals surface area contributed by atoms with Gasteiger partial charge in [0.25, 0.3) is 0 Å². The van der Waals surface area contributed by atoms with Crippen LogP contribution in [0.1, 0.15) is 16.7 Å². The zero-order chi connectivity index (χ0) is 18.9. The van der Waals surface area contributed by atoms with Crippen molar-refractivity contribution < 1.29 is 9.84 Å². The average molecular weight is 377 g/mol. The molecule has 0 aromatic heterocycles. The third-order valence-electron chi connectivity index (χ3n) is 3.80. The molecule has 0 saturated heterocycles. The summed E-state index contributed by atoms with van der Waals surface area (Å²) in [4.78, 5) is 0. The van der Waals surface area contributed by atoms with E-state index in [1.54, 1.807) is 0 Å².